The maximum absolute atomic E-state index is 11.7. The minimum absolute atomic E-state index is 0.119. The minimum Gasteiger partial charge on any atom is -0.481 e. The third kappa shape index (κ3) is 5.80. The number of nitrogens with one attached hydrogen (secondary N) is 1. The van der Waals surface area contributed by atoms with Crippen molar-refractivity contribution < 1.29 is 14.7 Å². The molecule has 1 rings (SSSR count). The first kappa shape index (κ1) is 16.8. The highest BCUT2D eigenvalue weighted by Crippen LogP contribution is 2.22. The van der Waals surface area contributed by atoms with Crippen molar-refractivity contribution in [3.63, 3.8) is 0 Å². The van der Waals surface area contributed by atoms with Crippen molar-refractivity contribution in [2.75, 3.05) is 6.54 Å². The van der Waals surface area contributed by atoms with Gasteiger partial charge in [0.05, 0.1) is 22.4 Å². The second-order valence-corrected chi connectivity index (χ2v) is 5.47. The fourth-order valence-corrected chi connectivity index (χ4v) is 1.98. The molecule has 0 bridgehead atoms. The molecule has 1 aromatic carbocycles. The van der Waals surface area contributed by atoms with Gasteiger partial charge in [-0.1, -0.05) is 36.2 Å². The molecular weight excluding hydrogens is 301 g/mol. The Morgan fingerprint density at radius 3 is 2.60 bits per heavy atom. The van der Waals surface area contributed by atoms with Gasteiger partial charge < -0.3 is 10.4 Å². The Bertz CT molecular complexity index is 491. The van der Waals surface area contributed by atoms with Crippen molar-refractivity contribution >= 4 is 35.1 Å². The van der Waals surface area contributed by atoms with Crippen LogP contribution in [0.25, 0.3) is 0 Å². The quantitative estimate of drug-likeness (QED) is 0.759. The highest BCUT2D eigenvalue weighted by Gasteiger charge is 2.10. The Labute approximate surface area is 128 Å². The van der Waals surface area contributed by atoms with E-state index in [4.69, 9.17) is 28.3 Å². The molecule has 20 heavy (non-hydrogen) atoms. The summed E-state index contributed by atoms with van der Waals surface area (Å²) in [7, 11) is 0. The van der Waals surface area contributed by atoms with Crippen LogP contribution in [0, 0.1) is 5.92 Å². The topological polar surface area (TPSA) is 66.4 Å². The summed E-state index contributed by atoms with van der Waals surface area (Å²) < 4.78 is 0. The van der Waals surface area contributed by atoms with Crippen LogP contribution >= 0.6 is 23.2 Å². The smallest absolute Gasteiger partial charge is 0.306 e. The Balaban J connectivity index is 2.30. The van der Waals surface area contributed by atoms with Crippen LogP contribution in [0.2, 0.25) is 10.0 Å². The van der Waals surface area contributed by atoms with Gasteiger partial charge in [0.15, 0.2) is 0 Å². The van der Waals surface area contributed by atoms with Crippen molar-refractivity contribution in [2.45, 2.75) is 26.2 Å². The maximum atomic E-state index is 11.7. The molecule has 0 radical (unpaired) electrons. The summed E-state index contributed by atoms with van der Waals surface area (Å²) in [5.41, 5.74) is 0.788. The molecule has 0 saturated carbocycles. The number of aliphatic carboxylic acids is 1. The molecule has 0 fully saturated rings. The van der Waals surface area contributed by atoms with Crippen LogP contribution in [0.1, 0.15) is 25.3 Å². The molecule has 110 valence electrons. The first-order valence-electron chi connectivity index (χ1n) is 6.33. The zero-order valence-electron chi connectivity index (χ0n) is 11.2. The van der Waals surface area contributed by atoms with Gasteiger partial charge >= 0.3 is 5.97 Å². The molecule has 1 unspecified atom stereocenters. The van der Waals surface area contributed by atoms with E-state index in [9.17, 15) is 9.59 Å². The molecule has 0 aliphatic carbocycles. The van der Waals surface area contributed by atoms with E-state index in [1.165, 1.54) is 0 Å². The lowest BCUT2D eigenvalue weighted by molar-refractivity contribution is -0.141. The standard InChI is InChI=1S/C14H17Cl2NO3/c1-9(14(19)20)3-2-6-17-13(18)8-10-4-5-11(15)12(16)7-10/h4-5,7,9H,2-3,6,8H2,1H3,(H,17,18)(H,19,20). The highest BCUT2D eigenvalue weighted by atomic mass is 35.5. The van der Waals surface area contributed by atoms with E-state index in [-0.39, 0.29) is 18.2 Å². The number of halogens is 2. The molecule has 2 N–H and O–H groups in total. The lowest BCUT2D eigenvalue weighted by Gasteiger charge is -2.08. The van der Waals surface area contributed by atoms with Gasteiger partial charge in [-0.05, 0) is 30.5 Å². The number of carbonyl (C=O) groups is 2. The van der Waals surface area contributed by atoms with E-state index >= 15 is 0 Å². The molecule has 0 saturated heterocycles. The van der Waals surface area contributed by atoms with Gasteiger partial charge in [-0.2, -0.15) is 0 Å². The van der Waals surface area contributed by atoms with E-state index in [0.717, 1.165) is 5.56 Å². The first-order chi connectivity index (χ1) is 9.40. The third-order valence-electron chi connectivity index (χ3n) is 2.91. The van der Waals surface area contributed by atoms with Crippen molar-refractivity contribution in [1.82, 2.24) is 5.32 Å². The SMILES string of the molecule is CC(CCCNC(=O)Cc1ccc(Cl)c(Cl)c1)C(=O)O. The van der Waals surface area contributed by atoms with Crippen molar-refractivity contribution in [3.8, 4) is 0 Å². The lowest BCUT2D eigenvalue weighted by atomic mass is 10.1. The fourth-order valence-electron chi connectivity index (χ4n) is 1.66. The van der Waals surface area contributed by atoms with E-state index < -0.39 is 5.97 Å². The molecule has 1 aromatic rings. The van der Waals surface area contributed by atoms with E-state index in [1.807, 2.05) is 0 Å². The number of rotatable bonds is 7. The second kappa shape index (κ2) is 8.12. The number of amides is 1. The van der Waals surface area contributed by atoms with Gasteiger partial charge in [0, 0.05) is 6.54 Å². The second-order valence-electron chi connectivity index (χ2n) is 4.66. The largest absolute Gasteiger partial charge is 0.481 e. The fraction of sp³-hybridized carbons (Fsp3) is 0.429. The van der Waals surface area contributed by atoms with Gasteiger partial charge in [0.1, 0.15) is 0 Å². The highest BCUT2D eigenvalue weighted by molar-refractivity contribution is 6.42. The number of carboxylic acid groups (broad SMARTS) is 1. The lowest BCUT2D eigenvalue weighted by Crippen LogP contribution is -2.26. The van der Waals surface area contributed by atoms with Gasteiger partial charge in [-0.3, -0.25) is 9.59 Å². The first-order valence-corrected chi connectivity index (χ1v) is 7.09. The minimum atomic E-state index is -0.813. The molecule has 0 aliphatic rings. The van der Waals surface area contributed by atoms with Crippen LogP contribution in [0.4, 0.5) is 0 Å². The predicted molar refractivity (Wildman–Crippen MR) is 79.2 cm³/mol. The number of carbonyl (C=O) groups excluding carboxylic acids is 1. The molecule has 0 spiro atoms. The summed E-state index contributed by atoms with van der Waals surface area (Å²) in [4.78, 5) is 22.3. The van der Waals surface area contributed by atoms with Crippen LogP contribution in [-0.2, 0) is 16.0 Å². The van der Waals surface area contributed by atoms with Crippen LogP contribution in [0.15, 0.2) is 18.2 Å². The van der Waals surface area contributed by atoms with Crippen molar-refractivity contribution in [2.24, 2.45) is 5.92 Å². The molecule has 6 heteroatoms. The summed E-state index contributed by atoms with van der Waals surface area (Å²) in [6, 6.07) is 5.07. The van der Waals surface area contributed by atoms with E-state index in [0.29, 0.717) is 29.4 Å². The van der Waals surface area contributed by atoms with E-state index in [2.05, 4.69) is 5.32 Å². The summed E-state index contributed by atoms with van der Waals surface area (Å²) in [6.45, 7) is 2.12. The van der Waals surface area contributed by atoms with Crippen molar-refractivity contribution in [3.05, 3.63) is 33.8 Å². The van der Waals surface area contributed by atoms with Crippen molar-refractivity contribution in [1.29, 1.82) is 0 Å². The Hall–Kier alpha value is -1.26. The average Bonchev–Trinajstić information content (AvgIpc) is 2.38. The number of benzene rings is 1. The summed E-state index contributed by atoms with van der Waals surface area (Å²) >= 11 is 11.7. The molecule has 1 amide bonds. The Morgan fingerprint density at radius 2 is 2.00 bits per heavy atom. The van der Waals surface area contributed by atoms with Crippen LogP contribution in [0.3, 0.4) is 0 Å². The van der Waals surface area contributed by atoms with Gasteiger partial charge in [0.25, 0.3) is 0 Å². The van der Waals surface area contributed by atoms with Gasteiger partial charge in [-0.25, -0.2) is 0 Å². The van der Waals surface area contributed by atoms with Crippen LogP contribution in [0.5, 0.6) is 0 Å². The molecule has 0 heterocycles. The van der Waals surface area contributed by atoms with Crippen LogP contribution in [-0.4, -0.2) is 23.5 Å². The number of hydrogen-bond donors (Lipinski definition) is 2. The Morgan fingerprint density at radius 1 is 1.30 bits per heavy atom. The normalized spacial score (nSPS) is 11.9. The molecular formula is C14H17Cl2NO3. The number of hydrogen-bond acceptors (Lipinski definition) is 2. The molecule has 0 aromatic heterocycles. The van der Waals surface area contributed by atoms with E-state index in [1.54, 1.807) is 25.1 Å². The predicted octanol–water partition coefficient (Wildman–Crippen LogP) is 3.15. The van der Waals surface area contributed by atoms with Gasteiger partial charge in [0.2, 0.25) is 5.91 Å². The maximum Gasteiger partial charge on any atom is 0.306 e. The molecule has 4 nitrogen and oxygen atoms in total. The zero-order chi connectivity index (χ0) is 15.1. The van der Waals surface area contributed by atoms with Crippen LogP contribution < -0.4 is 5.32 Å². The third-order valence-corrected chi connectivity index (χ3v) is 3.65. The average molecular weight is 318 g/mol. The Kier molecular flexibility index (Phi) is 6.82. The monoisotopic (exact) mass is 317 g/mol. The summed E-state index contributed by atoms with van der Waals surface area (Å²) in [5, 5.41) is 12.4. The van der Waals surface area contributed by atoms with Gasteiger partial charge in [-0.15, -0.1) is 0 Å². The molecule has 1 atom stereocenters. The molecule has 0 aliphatic heterocycles. The zero-order valence-corrected chi connectivity index (χ0v) is 12.7. The summed E-state index contributed by atoms with van der Waals surface area (Å²) in [6.07, 6.45) is 1.41. The summed E-state index contributed by atoms with van der Waals surface area (Å²) in [5.74, 6) is -1.32. The number of carboxylic acids is 1.